The van der Waals surface area contributed by atoms with Crippen LogP contribution >= 0.6 is 11.6 Å². The van der Waals surface area contributed by atoms with Gasteiger partial charge in [-0.1, -0.05) is 11.6 Å². The lowest BCUT2D eigenvalue weighted by Crippen LogP contribution is -2.49. The van der Waals surface area contributed by atoms with Crippen LogP contribution in [0.1, 0.15) is 0 Å². The number of rotatable bonds is 4. The predicted octanol–water partition coefficient (Wildman–Crippen LogP) is 0.976. The minimum absolute atomic E-state index is 0.513. The van der Waals surface area contributed by atoms with Crippen LogP contribution in [0.25, 0.3) is 0 Å². The number of alkyl halides is 1. The van der Waals surface area contributed by atoms with E-state index < -0.39 is 5.50 Å². The standard InChI is InChI=1S/C12H16ClN3O2/c1-18-12-3-2-10(8-14-12)15-4-6-16(7-5-15)11(13)9-17/h2-3,8-9,11H,4-7H2,1H3. The van der Waals surface area contributed by atoms with Crippen LogP contribution in [0.2, 0.25) is 0 Å². The molecule has 1 aliphatic rings. The second-order valence-corrected chi connectivity index (χ2v) is 4.54. The molecule has 98 valence electrons. The Bertz CT molecular complexity index is 391. The second kappa shape index (κ2) is 6.02. The molecule has 18 heavy (non-hydrogen) atoms. The fourth-order valence-corrected chi connectivity index (χ4v) is 2.19. The molecule has 2 heterocycles. The number of hydrogen-bond acceptors (Lipinski definition) is 5. The molecule has 0 amide bonds. The van der Waals surface area contributed by atoms with Crippen LogP contribution in [0, 0.1) is 0 Å². The molecule has 0 saturated carbocycles. The predicted molar refractivity (Wildman–Crippen MR) is 70.3 cm³/mol. The maximum absolute atomic E-state index is 10.6. The van der Waals surface area contributed by atoms with Crippen LogP contribution in [-0.2, 0) is 4.79 Å². The largest absolute Gasteiger partial charge is 0.481 e. The van der Waals surface area contributed by atoms with Crippen LogP contribution in [0.3, 0.4) is 0 Å². The fraction of sp³-hybridized carbons (Fsp3) is 0.500. The number of halogens is 1. The Balaban J connectivity index is 1.94. The molecule has 0 bridgehead atoms. The van der Waals surface area contributed by atoms with Gasteiger partial charge in [-0.3, -0.25) is 4.90 Å². The van der Waals surface area contributed by atoms with Gasteiger partial charge in [-0.2, -0.15) is 0 Å². The molecule has 1 aromatic rings. The van der Waals surface area contributed by atoms with Gasteiger partial charge in [-0.15, -0.1) is 0 Å². The molecule has 1 unspecified atom stereocenters. The normalized spacial score (nSPS) is 18.4. The Morgan fingerprint density at radius 3 is 2.61 bits per heavy atom. The molecule has 0 aromatic carbocycles. The maximum Gasteiger partial charge on any atom is 0.213 e. The monoisotopic (exact) mass is 269 g/mol. The van der Waals surface area contributed by atoms with Gasteiger partial charge >= 0.3 is 0 Å². The molecule has 1 atom stereocenters. The summed E-state index contributed by atoms with van der Waals surface area (Å²) in [6.45, 7) is 3.23. The van der Waals surface area contributed by atoms with Crippen LogP contribution in [0.15, 0.2) is 18.3 Å². The summed E-state index contributed by atoms with van der Waals surface area (Å²) in [4.78, 5) is 19.0. The SMILES string of the molecule is COc1ccc(N2CCN(C(Cl)C=O)CC2)cn1. The van der Waals surface area contributed by atoms with Crippen molar-refractivity contribution in [3.8, 4) is 5.88 Å². The van der Waals surface area contributed by atoms with Crippen LogP contribution < -0.4 is 9.64 Å². The molecule has 5 nitrogen and oxygen atoms in total. The lowest BCUT2D eigenvalue weighted by atomic mass is 10.2. The van der Waals surface area contributed by atoms with E-state index in [0.29, 0.717) is 5.88 Å². The third kappa shape index (κ3) is 2.91. The summed E-state index contributed by atoms with van der Waals surface area (Å²) in [5, 5.41) is 0. The first kappa shape index (κ1) is 13.1. The van der Waals surface area contributed by atoms with E-state index in [9.17, 15) is 4.79 Å². The zero-order valence-electron chi connectivity index (χ0n) is 10.3. The number of hydrogen-bond donors (Lipinski definition) is 0. The minimum Gasteiger partial charge on any atom is -0.481 e. The van der Waals surface area contributed by atoms with E-state index in [0.717, 1.165) is 38.2 Å². The number of carbonyl (C=O) groups is 1. The quantitative estimate of drug-likeness (QED) is 0.463. The molecule has 1 fully saturated rings. The Labute approximate surface area is 111 Å². The van der Waals surface area contributed by atoms with E-state index in [2.05, 4.69) is 9.88 Å². The number of pyridine rings is 1. The number of methoxy groups -OCH3 is 1. The van der Waals surface area contributed by atoms with E-state index >= 15 is 0 Å². The highest BCUT2D eigenvalue weighted by molar-refractivity contribution is 6.27. The molecule has 0 radical (unpaired) electrons. The van der Waals surface area contributed by atoms with Gasteiger partial charge in [0.15, 0.2) is 6.29 Å². The van der Waals surface area contributed by atoms with Gasteiger partial charge in [-0.05, 0) is 6.07 Å². The summed E-state index contributed by atoms with van der Waals surface area (Å²) < 4.78 is 5.03. The lowest BCUT2D eigenvalue weighted by Gasteiger charge is -2.36. The van der Waals surface area contributed by atoms with Crippen LogP contribution in [0.4, 0.5) is 5.69 Å². The van der Waals surface area contributed by atoms with Crippen molar-refractivity contribution in [1.82, 2.24) is 9.88 Å². The van der Waals surface area contributed by atoms with Gasteiger partial charge < -0.3 is 14.4 Å². The van der Waals surface area contributed by atoms with E-state index in [4.69, 9.17) is 16.3 Å². The van der Waals surface area contributed by atoms with Crippen molar-refractivity contribution in [2.45, 2.75) is 5.50 Å². The van der Waals surface area contributed by atoms with Crippen molar-refractivity contribution in [3.05, 3.63) is 18.3 Å². The molecular formula is C12H16ClN3O2. The van der Waals surface area contributed by atoms with Crippen molar-refractivity contribution in [2.75, 3.05) is 38.2 Å². The Morgan fingerprint density at radius 2 is 2.11 bits per heavy atom. The van der Waals surface area contributed by atoms with Gasteiger partial charge in [-0.25, -0.2) is 4.98 Å². The van der Waals surface area contributed by atoms with Crippen LogP contribution in [-0.4, -0.2) is 55.0 Å². The van der Waals surface area contributed by atoms with Gasteiger partial charge in [0.1, 0.15) is 5.50 Å². The molecular weight excluding hydrogens is 254 g/mol. The highest BCUT2D eigenvalue weighted by Gasteiger charge is 2.22. The maximum atomic E-state index is 10.6. The third-order valence-corrected chi connectivity index (χ3v) is 3.45. The molecule has 0 N–H and O–H groups in total. The molecule has 0 aliphatic carbocycles. The summed E-state index contributed by atoms with van der Waals surface area (Å²) >= 11 is 5.89. The summed E-state index contributed by atoms with van der Waals surface area (Å²) in [5.74, 6) is 0.610. The highest BCUT2D eigenvalue weighted by Crippen LogP contribution is 2.18. The second-order valence-electron chi connectivity index (χ2n) is 4.09. The van der Waals surface area contributed by atoms with Gasteiger partial charge in [0.05, 0.1) is 19.0 Å². The molecule has 6 heteroatoms. The highest BCUT2D eigenvalue weighted by atomic mass is 35.5. The molecule has 1 aliphatic heterocycles. The summed E-state index contributed by atoms with van der Waals surface area (Å²) in [5.41, 5.74) is 0.550. The minimum atomic E-state index is -0.513. The summed E-state index contributed by atoms with van der Waals surface area (Å²) in [6.07, 6.45) is 2.57. The zero-order valence-corrected chi connectivity index (χ0v) is 11.0. The first-order valence-corrected chi connectivity index (χ1v) is 6.26. The Morgan fingerprint density at radius 1 is 1.39 bits per heavy atom. The first-order chi connectivity index (χ1) is 8.74. The third-order valence-electron chi connectivity index (χ3n) is 3.07. The van der Waals surface area contributed by atoms with Crippen molar-refractivity contribution >= 4 is 23.6 Å². The number of aromatic nitrogens is 1. The van der Waals surface area contributed by atoms with Crippen molar-refractivity contribution in [2.24, 2.45) is 0 Å². The van der Waals surface area contributed by atoms with E-state index in [1.165, 1.54) is 0 Å². The number of nitrogens with zero attached hydrogens (tertiary/aromatic N) is 3. The van der Waals surface area contributed by atoms with E-state index in [-0.39, 0.29) is 0 Å². The Kier molecular flexibility index (Phi) is 4.38. The van der Waals surface area contributed by atoms with Crippen LogP contribution in [0.5, 0.6) is 5.88 Å². The lowest BCUT2D eigenvalue weighted by molar-refractivity contribution is -0.110. The summed E-state index contributed by atoms with van der Waals surface area (Å²) in [6, 6.07) is 3.83. The number of piperazine rings is 1. The van der Waals surface area contributed by atoms with Crippen molar-refractivity contribution in [3.63, 3.8) is 0 Å². The molecule has 2 rings (SSSR count). The topological polar surface area (TPSA) is 45.7 Å². The summed E-state index contributed by atoms with van der Waals surface area (Å²) in [7, 11) is 1.60. The smallest absolute Gasteiger partial charge is 0.213 e. The van der Waals surface area contributed by atoms with Gasteiger partial charge in [0, 0.05) is 32.2 Å². The fourth-order valence-electron chi connectivity index (χ4n) is 1.99. The Hall–Kier alpha value is -1.33. The number of anilines is 1. The number of aldehydes is 1. The van der Waals surface area contributed by atoms with Crippen molar-refractivity contribution in [1.29, 1.82) is 0 Å². The zero-order chi connectivity index (χ0) is 13.0. The van der Waals surface area contributed by atoms with Crippen molar-refractivity contribution < 1.29 is 9.53 Å². The average Bonchev–Trinajstić information content (AvgIpc) is 2.47. The van der Waals surface area contributed by atoms with E-state index in [1.54, 1.807) is 13.3 Å². The molecule has 1 aromatic heterocycles. The average molecular weight is 270 g/mol. The molecule has 0 spiro atoms. The number of ether oxygens (including phenoxy) is 1. The van der Waals surface area contributed by atoms with Gasteiger partial charge in [0.2, 0.25) is 5.88 Å². The molecule has 1 saturated heterocycles. The first-order valence-electron chi connectivity index (χ1n) is 5.83. The number of carbonyl (C=O) groups excluding carboxylic acids is 1. The van der Waals surface area contributed by atoms with Gasteiger partial charge in [0.25, 0.3) is 0 Å². The van der Waals surface area contributed by atoms with E-state index in [1.807, 2.05) is 17.0 Å².